The fourth-order valence-electron chi connectivity index (χ4n) is 6.18. The number of nitrogens with zero attached hydrogens (tertiary/aromatic N) is 4. The summed E-state index contributed by atoms with van der Waals surface area (Å²) >= 11 is 0. The van der Waals surface area contributed by atoms with Crippen molar-refractivity contribution >= 4 is 17.5 Å². The van der Waals surface area contributed by atoms with Gasteiger partial charge in [0.25, 0.3) is 0 Å². The Hall–Kier alpha value is -3.71. The number of hydrogen-bond donors (Lipinski definition) is 0. The Balaban J connectivity index is 1.51. The first kappa shape index (κ1) is 27.8. The SMILES string of the molecule is CCC(=O)N1CCC2CCCC(CN(C(=O)Cc3ccc(OC)cc3)Cc3ccccc31)N2Cc1ccncc1. The average molecular weight is 541 g/mol. The number of ether oxygens (including phenoxy) is 1. The molecule has 7 nitrogen and oxygen atoms in total. The molecule has 1 saturated heterocycles. The number of anilines is 1. The summed E-state index contributed by atoms with van der Waals surface area (Å²) in [5.41, 5.74) is 4.13. The van der Waals surface area contributed by atoms with Gasteiger partial charge in [0, 0.05) is 62.8 Å². The molecule has 2 atom stereocenters. The van der Waals surface area contributed by atoms with Gasteiger partial charge in [-0.1, -0.05) is 43.7 Å². The van der Waals surface area contributed by atoms with Crippen LogP contribution in [0, 0.1) is 0 Å². The van der Waals surface area contributed by atoms with E-state index >= 15 is 0 Å². The molecule has 40 heavy (non-hydrogen) atoms. The molecule has 3 heterocycles. The van der Waals surface area contributed by atoms with Crippen molar-refractivity contribution in [3.8, 4) is 5.75 Å². The standard InChI is InChI=1S/C33H40N4O3/c1-3-32(38)36-20-17-28-8-6-9-29(37(28)22-26-15-18-34-19-16-26)24-35(23-27-7-4-5-10-31(27)36)33(39)21-25-11-13-30(40-2)14-12-25/h4-5,7,10-16,18-19,28-29H,3,6,8-9,17,20-24H2,1-2H3. The van der Waals surface area contributed by atoms with Crippen LogP contribution in [0.2, 0.25) is 0 Å². The third kappa shape index (κ3) is 6.53. The predicted octanol–water partition coefficient (Wildman–Crippen LogP) is 5.23. The monoisotopic (exact) mass is 540 g/mol. The molecule has 210 valence electrons. The zero-order valence-corrected chi connectivity index (χ0v) is 23.7. The fourth-order valence-corrected chi connectivity index (χ4v) is 6.18. The number of amides is 2. The summed E-state index contributed by atoms with van der Waals surface area (Å²) in [7, 11) is 1.65. The Morgan fingerprint density at radius 1 is 0.900 bits per heavy atom. The summed E-state index contributed by atoms with van der Waals surface area (Å²) in [5, 5.41) is 0. The number of aromatic nitrogens is 1. The molecule has 0 saturated carbocycles. The molecule has 0 aliphatic carbocycles. The molecule has 2 aromatic carbocycles. The highest BCUT2D eigenvalue weighted by atomic mass is 16.5. The number of carbonyl (C=O) groups is 2. The summed E-state index contributed by atoms with van der Waals surface area (Å²) in [5.74, 6) is 0.996. The maximum atomic E-state index is 14.0. The van der Waals surface area contributed by atoms with Crippen molar-refractivity contribution in [3.63, 3.8) is 0 Å². The van der Waals surface area contributed by atoms with Crippen LogP contribution in [0.5, 0.6) is 5.75 Å². The van der Waals surface area contributed by atoms with E-state index in [1.54, 1.807) is 7.11 Å². The molecule has 7 heteroatoms. The van der Waals surface area contributed by atoms with E-state index in [0.717, 1.165) is 54.8 Å². The van der Waals surface area contributed by atoms with E-state index in [1.807, 2.05) is 71.6 Å². The Kier molecular flexibility index (Phi) is 9.12. The fraction of sp³-hybridized carbons (Fsp3) is 0.424. The Bertz CT molecular complexity index is 1280. The summed E-state index contributed by atoms with van der Waals surface area (Å²) < 4.78 is 5.30. The highest BCUT2D eigenvalue weighted by molar-refractivity contribution is 5.94. The first-order valence-corrected chi connectivity index (χ1v) is 14.5. The van der Waals surface area contributed by atoms with Crippen molar-refractivity contribution in [2.45, 2.75) is 70.6 Å². The van der Waals surface area contributed by atoms with E-state index in [2.05, 4.69) is 28.1 Å². The molecule has 2 aliphatic heterocycles. The molecule has 0 radical (unpaired) electrons. The van der Waals surface area contributed by atoms with Crippen LogP contribution in [0.4, 0.5) is 5.69 Å². The molecule has 2 aliphatic rings. The lowest BCUT2D eigenvalue weighted by molar-refractivity contribution is -0.132. The lowest BCUT2D eigenvalue weighted by Gasteiger charge is -2.44. The lowest BCUT2D eigenvalue weighted by Crippen LogP contribution is -2.52. The maximum absolute atomic E-state index is 14.0. The second kappa shape index (κ2) is 13.1. The van der Waals surface area contributed by atoms with Crippen LogP contribution >= 0.6 is 0 Å². The van der Waals surface area contributed by atoms with E-state index in [0.29, 0.717) is 38.5 Å². The first-order chi connectivity index (χ1) is 19.6. The molecule has 5 rings (SSSR count). The van der Waals surface area contributed by atoms with E-state index < -0.39 is 0 Å². The number of hydrogen-bond acceptors (Lipinski definition) is 5. The summed E-state index contributed by atoms with van der Waals surface area (Å²) in [6, 6.07) is 20.6. The smallest absolute Gasteiger partial charge is 0.227 e. The largest absolute Gasteiger partial charge is 0.497 e. The molecule has 2 bridgehead atoms. The van der Waals surface area contributed by atoms with Crippen LogP contribution in [0.25, 0.3) is 0 Å². The van der Waals surface area contributed by atoms with Gasteiger partial charge in [-0.15, -0.1) is 0 Å². The van der Waals surface area contributed by atoms with Gasteiger partial charge in [0.1, 0.15) is 5.75 Å². The van der Waals surface area contributed by atoms with Gasteiger partial charge in [0.15, 0.2) is 0 Å². The third-order valence-electron chi connectivity index (χ3n) is 8.36. The van der Waals surface area contributed by atoms with Crippen LogP contribution in [0.15, 0.2) is 73.1 Å². The van der Waals surface area contributed by atoms with Crippen LogP contribution in [-0.4, -0.2) is 58.9 Å². The zero-order valence-electron chi connectivity index (χ0n) is 23.7. The maximum Gasteiger partial charge on any atom is 0.227 e. The quantitative estimate of drug-likeness (QED) is 0.428. The molecule has 1 fully saturated rings. The van der Waals surface area contributed by atoms with E-state index in [9.17, 15) is 9.59 Å². The Morgan fingerprint density at radius 2 is 1.65 bits per heavy atom. The topological polar surface area (TPSA) is 66.0 Å². The van der Waals surface area contributed by atoms with E-state index in [1.165, 1.54) is 5.56 Å². The minimum Gasteiger partial charge on any atom is -0.497 e. The minimum absolute atomic E-state index is 0.0959. The highest BCUT2D eigenvalue weighted by Gasteiger charge is 2.34. The van der Waals surface area contributed by atoms with Crippen molar-refractivity contribution in [2.24, 2.45) is 0 Å². The predicted molar refractivity (Wildman–Crippen MR) is 157 cm³/mol. The number of benzene rings is 2. The Morgan fingerprint density at radius 3 is 2.40 bits per heavy atom. The summed E-state index contributed by atoms with van der Waals surface area (Å²) in [6.07, 6.45) is 8.64. The van der Waals surface area contributed by atoms with Gasteiger partial charge < -0.3 is 14.5 Å². The molecular formula is C33H40N4O3. The third-order valence-corrected chi connectivity index (χ3v) is 8.36. The molecule has 2 unspecified atom stereocenters. The normalized spacial score (nSPS) is 19.9. The minimum atomic E-state index is 0.0959. The van der Waals surface area contributed by atoms with Crippen LogP contribution in [0.1, 0.15) is 55.7 Å². The number of rotatable bonds is 6. The molecule has 3 aromatic rings. The van der Waals surface area contributed by atoms with Crippen molar-refractivity contribution < 1.29 is 14.3 Å². The summed E-state index contributed by atoms with van der Waals surface area (Å²) in [4.78, 5) is 38.0. The number of pyridine rings is 1. The van der Waals surface area contributed by atoms with Gasteiger partial charge >= 0.3 is 0 Å². The Labute approximate surface area is 237 Å². The molecule has 1 aromatic heterocycles. The van der Waals surface area contributed by atoms with E-state index in [-0.39, 0.29) is 17.9 Å². The number of methoxy groups -OCH3 is 1. The van der Waals surface area contributed by atoms with Gasteiger partial charge in [0.2, 0.25) is 11.8 Å². The molecule has 2 amide bonds. The van der Waals surface area contributed by atoms with Gasteiger partial charge in [-0.25, -0.2) is 0 Å². The van der Waals surface area contributed by atoms with Crippen LogP contribution in [-0.2, 0) is 29.1 Å². The van der Waals surface area contributed by atoms with Crippen molar-refractivity contribution in [2.75, 3.05) is 25.1 Å². The number of para-hydroxylation sites is 1. The van der Waals surface area contributed by atoms with Crippen molar-refractivity contribution in [3.05, 3.63) is 89.7 Å². The van der Waals surface area contributed by atoms with E-state index in [4.69, 9.17) is 4.74 Å². The second-order valence-corrected chi connectivity index (χ2v) is 10.9. The van der Waals surface area contributed by atoms with Gasteiger partial charge in [-0.2, -0.15) is 0 Å². The molecular weight excluding hydrogens is 500 g/mol. The van der Waals surface area contributed by atoms with Crippen LogP contribution in [0.3, 0.4) is 0 Å². The highest BCUT2D eigenvalue weighted by Crippen LogP contribution is 2.32. The van der Waals surface area contributed by atoms with Crippen molar-refractivity contribution in [1.29, 1.82) is 0 Å². The second-order valence-electron chi connectivity index (χ2n) is 10.9. The van der Waals surface area contributed by atoms with Crippen molar-refractivity contribution in [1.82, 2.24) is 14.8 Å². The number of fused-ring (bicyclic) bond motifs is 3. The average Bonchev–Trinajstić information content (AvgIpc) is 3.00. The molecule has 0 spiro atoms. The molecule has 0 N–H and O–H groups in total. The zero-order chi connectivity index (χ0) is 27.9. The van der Waals surface area contributed by atoms with Gasteiger partial charge in [-0.3, -0.25) is 19.5 Å². The number of carbonyl (C=O) groups excluding carboxylic acids is 2. The summed E-state index contributed by atoms with van der Waals surface area (Å²) in [6.45, 7) is 4.55. The number of piperidine rings is 1. The first-order valence-electron chi connectivity index (χ1n) is 14.5. The van der Waals surface area contributed by atoms with Crippen LogP contribution < -0.4 is 9.64 Å². The van der Waals surface area contributed by atoms with Gasteiger partial charge in [-0.05, 0) is 66.3 Å². The lowest BCUT2D eigenvalue weighted by atomic mass is 9.92. The van der Waals surface area contributed by atoms with Gasteiger partial charge in [0.05, 0.1) is 13.5 Å².